The summed E-state index contributed by atoms with van der Waals surface area (Å²) < 4.78 is 10.7. The number of hydrogen-bond donors (Lipinski definition) is 2. The molecule has 1 aliphatic heterocycles. The van der Waals surface area contributed by atoms with Gasteiger partial charge in [0.05, 0.1) is 19.3 Å². The molecule has 5 nitrogen and oxygen atoms in total. The highest BCUT2D eigenvalue weighted by molar-refractivity contribution is 5.81. The lowest BCUT2D eigenvalue weighted by molar-refractivity contribution is -0.125. The fraction of sp³-hybridized carbons (Fsp3) is 0.917. The Morgan fingerprint density at radius 2 is 2.35 bits per heavy atom. The number of rotatable bonds is 7. The molecule has 5 heteroatoms. The van der Waals surface area contributed by atoms with Crippen molar-refractivity contribution >= 4 is 5.91 Å². The van der Waals surface area contributed by atoms with E-state index in [4.69, 9.17) is 9.47 Å². The van der Waals surface area contributed by atoms with E-state index < -0.39 is 0 Å². The number of morpholine rings is 1. The van der Waals surface area contributed by atoms with E-state index >= 15 is 0 Å². The van der Waals surface area contributed by atoms with Crippen molar-refractivity contribution in [3.63, 3.8) is 0 Å². The molecule has 1 saturated heterocycles. The molecule has 1 atom stereocenters. The van der Waals surface area contributed by atoms with Crippen LogP contribution in [0.2, 0.25) is 0 Å². The van der Waals surface area contributed by atoms with Crippen molar-refractivity contribution in [3.05, 3.63) is 0 Å². The molecule has 0 saturated carbocycles. The first-order chi connectivity index (χ1) is 8.20. The Labute approximate surface area is 103 Å². The Morgan fingerprint density at radius 1 is 1.53 bits per heavy atom. The molecule has 1 heterocycles. The summed E-state index contributed by atoms with van der Waals surface area (Å²) >= 11 is 0. The van der Waals surface area contributed by atoms with Crippen molar-refractivity contribution < 1.29 is 14.3 Å². The lowest BCUT2D eigenvalue weighted by Gasteiger charge is -2.22. The van der Waals surface area contributed by atoms with Gasteiger partial charge in [0, 0.05) is 19.7 Å². The molecule has 0 aliphatic carbocycles. The molecule has 0 bridgehead atoms. The number of carbonyl (C=O) groups excluding carboxylic acids is 1. The van der Waals surface area contributed by atoms with E-state index in [1.54, 1.807) is 0 Å². The molecule has 0 aromatic rings. The molecule has 0 spiro atoms. The lowest BCUT2D eigenvalue weighted by atomic mass is 10.2. The molecule has 1 rings (SSSR count). The number of ether oxygens (including phenoxy) is 2. The van der Waals surface area contributed by atoms with Crippen LogP contribution >= 0.6 is 0 Å². The highest BCUT2D eigenvalue weighted by Crippen LogP contribution is 1.95. The van der Waals surface area contributed by atoms with Gasteiger partial charge in [-0.2, -0.15) is 0 Å². The van der Waals surface area contributed by atoms with E-state index in [-0.39, 0.29) is 18.1 Å². The fourth-order valence-electron chi connectivity index (χ4n) is 1.61. The van der Waals surface area contributed by atoms with Crippen LogP contribution in [-0.2, 0) is 14.3 Å². The van der Waals surface area contributed by atoms with Crippen LogP contribution in [0.3, 0.4) is 0 Å². The van der Waals surface area contributed by atoms with E-state index in [1.165, 1.54) is 0 Å². The molecule has 0 aromatic carbocycles. The third-order valence-electron chi connectivity index (χ3n) is 2.56. The summed E-state index contributed by atoms with van der Waals surface area (Å²) in [5, 5.41) is 6.03. The number of amides is 1. The Hall–Kier alpha value is -0.650. The van der Waals surface area contributed by atoms with Gasteiger partial charge in [0.15, 0.2) is 0 Å². The van der Waals surface area contributed by atoms with Gasteiger partial charge in [0.1, 0.15) is 6.04 Å². The summed E-state index contributed by atoms with van der Waals surface area (Å²) in [6.07, 6.45) is 2.22. The van der Waals surface area contributed by atoms with Crippen LogP contribution < -0.4 is 10.6 Å². The summed E-state index contributed by atoms with van der Waals surface area (Å²) in [4.78, 5) is 11.7. The zero-order chi connectivity index (χ0) is 12.5. The van der Waals surface area contributed by atoms with Gasteiger partial charge in [-0.05, 0) is 26.7 Å². The van der Waals surface area contributed by atoms with Crippen LogP contribution in [-0.4, -0.2) is 51.0 Å². The largest absolute Gasteiger partial charge is 0.379 e. The standard InChI is InChI=1S/C12H24N2O3/c1-10(2)17-7-4-3-5-14-12(15)11-9-16-8-6-13-11/h10-11,13H,3-9H2,1-2H3,(H,14,15). The van der Waals surface area contributed by atoms with Crippen LogP contribution in [0.5, 0.6) is 0 Å². The minimum absolute atomic E-state index is 0.0366. The Bertz CT molecular complexity index is 216. The highest BCUT2D eigenvalue weighted by atomic mass is 16.5. The Kier molecular flexibility index (Phi) is 7.16. The van der Waals surface area contributed by atoms with Crippen LogP contribution in [0.1, 0.15) is 26.7 Å². The van der Waals surface area contributed by atoms with Crippen LogP contribution in [0.15, 0.2) is 0 Å². The minimum atomic E-state index is -0.185. The molecule has 0 radical (unpaired) electrons. The number of carbonyl (C=O) groups is 1. The topological polar surface area (TPSA) is 59.6 Å². The van der Waals surface area contributed by atoms with E-state index in [9.17, 15) is 4.79 Å². The van der Waals surface area contributed by atoms with Crippen LogP contribution in [0.25, 0.3) is 0 Å². The first-order valence-electron chi connectivity index (χ1n) is 6.40. The molecule has 1 fully saturated rings. The van der Waals surface area contributed by atoms with Crippen molar-refractivity contribution in [1.29, 1.82) is 0 Å². The van der Waals surface area contributed by atoms with Gasteiger partial charge in [-0.25, -0.2) is 0 Å². The van der Waals surface area contributed by atoms with Gasteiger partial charge in [-0.1, -0.05) is 0 Å². The van der Waals surface area contributed by atoms with Gasteiger partial charge in [-0.15, -0.1) is 0 Å². The van der Waals surface area contributed by atoms with Crippen molar-refractivity contribution in [2.45, 2.75) is 38.8 Å². The van der Waals surface area contributed by atoms with Crippen molar-refractivity contribution in [1.82, 2.24) is 10.6 Å². The zero-order valence-corrected chi connectivity index (χ0v) is 10.8. The van der Waals surface area contributed by atoms with E-state index in [1.807, 2.05) is 13.8 Å². The number of nitrogens with one attached hydrogen (secondary N) is 2. The summed E-state index contributed by atoms with van der Waals surface area (Å²) in [5.74, 6) is 0.0366. The van der Waals surface area contributed by atoms with Crippen molar-refractivity contribution in [2.75, 3.05) is 32.9 Å². The van der Waals surface area contributed by atoms with Crippen molar-refractivity contribution in [3.8, 4) is 0 Å². The second-order valence-corrected chi connectivity index (χ2v) is 4.50. The Balaban J connectivity index is 1.96. The average Bonchev–Trinajstić information content (AvgIpc) is 2.34. The third-order valence-corrected chi connectivity index (χ3v) is 2.56. The maximum Gasteiger partial charge on any atom is 0.239 e. The molecular formula is C12H24N2O3. The quantitative estimate of drug-likeness (QED) is 0.632. The maximum atomic E-state index is 11.7. The van der Waals surface area contributed by atoms with Gasteiger partial charge >= 0.3 is 0 Å². The predicted octanol–water partition coefficient (Wildman–Crippen LogP) is 0.296. The molecule has 2 N–H and O–H groups in total. The van der Waals surface area contributed by atoms with Crippen LogP contribution in [0.4, 0.5) is 0 Å². The van der Waals surface area contributed by atoms with Gasteiger partial charge in [0.2, 0.25) is 5.91 Å². The molecule has 1 aliphatic rings. The molecule has 1 unspecified atom stereocenters. The lowest BCUT2D eigenvalue weighted by Crippen LogP contribution is -2.51. The Morgan fingerprint density at radius 3 is 3.00 bits per heavy atom. The van der Waals surface area contributed by atoms with Crippen LogP contribution in [0, 0.1) is 0 Å². The molecule has 17 heavy (non-hydrogen) atoms. The molecule has 0 aromatic heterocycles. The number of unbranched alkanes of at least 4 members (excludes halogenated alkanes) is 1. The first-order valence-corrected chi connectivity index (χ1v) is 6.40. The van der Waals surface area contributed by atoms with Crippen molar-refractivity contribution in [2.24, 2.45) is 0 Å². The zero-order valence-electron chi connectivity index (χ0n) is 10.8. The molecular weight excluding hydrogens is 220 g/mol. The second kappa shape index (κ2) is 8.44. The monoisotopic (exact) mass is 244 g/mol. The minimum Gasteiger partial charge on any atom is -0.379 e. The molecule has 1 amide bonds. The summed E-state index contributed by atoms with van der Waals surface area (Å²) in [7, 11) is 0. The smallest absolute Gasteiger partial charge is 0.239 e. The van der Waals surface area contributed by atoms with E-state index in [0.29, 0.717) is 19.8 Å². The average molecular weight is 244 g/mol. The summed E-state index contributed by atoms with van der Waals surface area (Å²) in [6.45, 7) is 7.43. The van der Waals surface area contributed by atoms with Gasteiger partial charge in [-0.3, -0.25) is 4.79 Å². The van der Waals surface area contributed by atoms with E-state index in [0.717, 1.165) is 26.0 Å². The van der Waals surface area contributed by atoms with Gasteiger partial charge < -0.3 is 20.1 Å². The van der Waals surface area contributed by atoms with Gasteiger partial charge in [0.25, 0.3) is 0 Å². The number of hydrogen-bond acceptors (Lipinski definition) is 4. The second-order valence-electron chi connectivity index (χ2n) is 4.50. The summed E-state index contributed by atoms with van der Waals surface area (Å²) in [6, 6.07) is -0.185. The molecule has 100 valence electrons. The maximum absolute atomic E-state index is 11.7. The predicted molar refractivity (Wildman–Crippen MR) is 65.9 cm³/mol. The fourth-order valence-corrected chi connectivity index (χ4v) is 1.61. The first kappa shape index (κ1) is 14.4. The summed E-state index contributed by atoms with van der Waals surface area (Å²) in [5.41, 5.74) is 0. The normalized spacial score (nSPS) is 20.5. The third kappa shape index (κ3) is 6.61. The SMILES string of the molecule is CC(C)OCCCCNC(=O)C1COCCN1. The highest BCUT2D eigenvalue weighted by Gasteiger charge is 2.20. The van der Waals surface area contributed by atoms with E-state index in [2.05, 4.69) is 10.6 Å².